The summed E-state index contributed by atoms with van der Waals surface area (Å²) in [7, 11) is 0. The Labute approximate surface area is 132 Å². The molecule has 0 nitrogen and oxygen atoms in total. The van der Waals surface area contributed by atoms with Gasteiger partial charge in [-0.05, 0) is 5.92 Å². The molecule has 0 amide bonds. The van der Waals surface area contributed by atoms with Crippen LogP contribution in [-0.2, 0) is 0 Å². The second kappa shape index (κ2) is 19.4. The average molecular weight is 271 g/mol. The van der Waals surface area contributed by atoms with Crippen LogP contribution in [0.15, 0.2) is 0 Å². The Morgan fingerprint density at radius 3 is 2.00 bits per heavy atom. The van der Waals surface area contributed by atoms with Gasteiger partial charge in [0.15, 0.2) is 0 Å². The zero-order chi connectivity index (χ0) is 11.4. The molecule has 0 aliphatic carbocycles. The topological polar surface area (TPSA) is 0 Å². The fourth-order valence-corrected chi connectivity index (χ4v) is 2.07. The smallest absolute Gasteiger partial charge is 1.00 e. The van der Waals surface area contributed by atoms with Crippen molar-refractivity contribution in [3.63, 3.8) is 0 Å². The number of halogens is 1. The molecular formula is C15H31ClMg. The van der Waals surface area contributed by atoms with Crippen LogP contribution in [0.3, 0.4) is 0 Å². The summed E-state index contributed by atoms with van der Waals surface area (Å²) in [5, 5.41) is 0. The van der Waals surface area contributed by atoms with E-state index in [0.717, 1.165) is 5.92 Å². The van der Waals surface area contributed by atoms with Crippen molar-refractivity contribution in [1.29, 1.82) is 0 Å². The first-order valence-electron chi connectivity index (χ1n) is 7.09. The fourth-order valence-electron chi connectivity index (χ4n) is 2.07. The molecular weight excluding hydrogens is 240 g/mol. The maximum absolute atomic E-state index is 2.42. The molecule has 0 saturated carbocycles. The van der Waals surface area contributed by atoms with E-state index in [0.29, 0.717) is 0 Å². The van der Waals surface area contributed by atoms with Gasteiger partial charge in [-0.25, -0.2) is 0 Å². The first kappa shape index (κ1) is 23.2. The van der Waals surface area contributed by atoms with Crippen molar-refractivity contribution in [3.05, 3.63) is 6.42 Å². The summed E-state index contributed by atoms with van der Waals surface area (Å²) in [6, 6.07) is 0. The number of hydrogen-bond acceptors (Lipinski definition) is 0. The molecule has 0 heterocycles. The Balaban J connectivity index is -0.000000980. The van der Waals surface area contributed by atoms with Crippen LogP contribution in [0.2, 0.25) is 0 Å². The molecule has 0 aromatic rings. The summed E-state index contributed by atoms with van der Waals surface area (Å²) in [6.45, 7) is 6.87. The Hall–Kier alpha value is 1.06. The molecule has 1 atom stereocenters. The Morgan fingerprint density at radius 1 is 0.882 bits per heavy atom. The minimum Gasteiger partial charge on any atom is -1.00 e. The molecule has 0 aromatic heterocycles. The molecule has 2 heteroatoms. The van der Waals surface area contributed by atoms with E-state index in [1.807, 2.05) is 0 Å². The predicted octanol–water partition coefficient (Wildman–Crippen LogP) is 2.39. The Morgan fingerprint density at radius 2 is 1.41 bits per heavy atom. The van der Waals surface area contributed by atoms with Crippen LogP contribution in [0.25, 0.3) is 0 Å². The van der Waals surface area contributed by atoms with Crippen molar-refractivity contribution in [3.8, 4) is 0 Å². The normalized spacial score (nSPS) is 11.5. The van der Waals surface area contributed by atoms with Crippen LogP contribution in [0.5, 0.6) is 0 Å². The summed E-state index contributed by atoms with van der Waals surface area (Å²) in [4.78, 5) is 0. The minimum absolute atomic E-state index is 0. The maximum atomic E-state index is 2.42. The number of unbranched alkanes of at least 4 members (excludes halogenated alkanes) is 7. The molecule has 0 rings (SSSR count). The summed E-state index contributed by atoms with van der Waals surface area (Å²) < 4.78 is 0. The second-order valence-electron chi connectivity index (χ2n) is 5.00. The van der Waals surface area contributed by atoms with Gasteiger partial charge in [0.1, 0.15) is 0 Å². The van der Waals surface area contributed by atoms with E-state index in [2.05, 4.69) is 27.2 Å². The van der Waals surface area contributed by atoms with Gasteiger partial charge in [0, 0.05) is 0 Å². The quantitative estimate of drug-likeness (QED) is 0.307. The van der Waals surface area contributed by atoms with Crippen molar-refractivity contribution < 1.29 is 12.4 Å². The van der Waals surface area contributed by atoms with Gasteiger partial charge in [-0.3, -0.25) is 0 Å². The molecule has 100 valence electrons. The zero-order valence-corrected chi connectivity index (χ0v) is 14.5. The van der Waals surface area contributed by atoms with Crippen LogP contribution in [0.4, 0.5) is 0 Å². The molecule has 0 saturated heterocycles. The molecule has 0 spiro atoms. The van der Waals surface area contributed by atoms with Crippen LogP contribution < -0.4 is 12.4 Å². The minimum atomic E-state index is 0. The first-order chi connectivity index (χ1) is 7.31. The van der Waals surface area contributed by atoms with Crippen molar-refractivity contribution >= 4 is 23.1 Å². The van der Waals surface area contributed by atoms with E-state index in [1.54, 1.807) is 0 Å². The van der Waals surface area contributed by atoms with Gasteiger partial charge in [0.25, 0.3) is 0 Å². The average Bonchev–Trinajstić information content (AvgIpc) is 2.25. The van der Waals surface area contributed by atoms with Gasteiger partial charge in [-0.2, -0.15) is 13.3 Å². The summed E-state index contributed by atoms with van der Waals surface area (Å²) in [5.41, 5.74) is 0. The second-order valence-corrected chi connectivity index (χ2v) is 5.00. The molecule has 0 bridgehead atoms. The van der Waals surface area contributed by atoms with Crippen LogP contribution in [-0.4, -0.2) is 23.1 Å². The van der Waals surface area contributed by atoms with Gasteiger partial charge >= 0.3 is 23.1 Å². The third-order valence-corrected chi connectivity index (χ3v) is 3.24. The molecule has 17 heavy (non-hydrogen) atoms. The van der Waals surface area contributed by atoms with E-state index >= 15 is 0 Å². The van der Waals surface area contributed by atoms with E-state index in [-0.39, 0.29) is 35.5 Å². The molecule has 0 N–H and O–H groups in total. The molecule has 0 aromatic carbocycles. The predicted molar refractivity (Wildman–Crippen MR) is 76.7 cm³/mol. The number of hydrogen-bond donors (Lipinski definition) is 0. The molecule has 1 unspecified atom stereocenters. The van der Waals surface area contributed by atoms with Gasteiger partial charge < -0.3 is 18.8 Å². The summed E-state index contributed by atoms with van der Waals surface area (Å²) in [5.74, 6) is 0.967. The fraction of sp³-hybridized carbons (Fsp3) is 0.933. The third-order valence-electron chi connectivity index (χ3n) is 3.24. The summed E-state index contributed by atoms with van der Waals surface area (Å²) in [6.07, 6.45) is 16.5. The molecule has 0 fully saturated rings. The van der Waals surface area contributed by atoms with Gasteiger partial charge in [0.2, 0.25) is 0 Å². The largest absolute Gasteiger partial charge is 2.00 e. The zero-order valence-electron chi connectivity index (χ0n) is 12.3. The Bertz CT molecular complexity index is 117. The molecule has 0 radical (unpaired) electrons. The standard InChI is InChI=1S/C15H31.ClH.Mg/c1-4-6-8-9-10-11-12-14-15(3)13-7-5-2;;/h4,15H,5-14H2,1-3H3;1H;/q-1;;+2/p-1. The van der Waals surface area contributed by atoms with E-state index in [1.165, 1.54) is 64.2 Å². The Kier molecular flexibility index (Phi) is 26.4. The number of rotatable bonds is 11. The summed E-state index contributed by atoms with van der Waals surface area (Å²) >= 11 is 0. The van der Waals surface area contributed by atoms with Crippen molar-refractivity contribution in [2.24, 2.45) is 5.92 Å². The third kappa shape index (κ3) is 19.6. The maximum Gasteiger partial charge on any atom is 2.00 e. The van der Waals surface area contributed by atoms with Crippen LogP contribution in [0.1, 0.15) is 85.0 Å². The van der Waals surface area contributed by atoms with Crippen molar-refractivity contribution in [2.45, 2.75) is 85.0 Å². The monoisotopic (exact) mass is 270 g/mol. The van der Waals surface area contributed by atoms with Crippen molar-refractivity contribution in [1.82, 2.24) is 0 Å². The van der Waals surface area contributed by atoms with E-state index < -0.39 is 0 Å². The van der Waals surface area contributed by atoms with Gasteiger partial charge in [-0.1, -0.05) is 71.6 Å². The van der Waals surface area contributed by atoms with Crippen molar-refractivity contribution in [2.75, 3.05) is 0 Å². The molecule has 0 aliphatic heterocycles. The van der Waals surface area contributed by atoms with E-state index in [9.17, 15) is 0 Å². The van der Waals surface area contributed by atoms with Gasteiger partial charge in [0.05, 0.1) is 0 Å². The first-order valence-corrected chi connectivity index (χ1v) is 7.09. The SMILES string of the molecule is C[CH-]CCCCCCCC(C)CCCC.[Cl-].[Mg+2]. The molecule has 0 aliphatic rings. The van der Waals surface area contributed by atoms with Crippen LogP contribution in [0, 0.1) is 12.3 Å². The van der Waals surface area contributed by atoms with Gasteiger partial charge in [-0.15, -0.1) is 0 Å². The van der Waals surface area contributed by atoms with Crippen LogP contribution >= 0.6 is 0 Å². The van der Waals surface area contributed by atoms with E-state index in [4.69, 9.17) is 0 Å².